The smallest absolute Gasteiger partial charge is 0.185 e. The second-order valence-corrected chi connectivity index (χ2v) is 6.56. The number of hydrogen-bond acceptors (Lipinski definition) is 5. The number of benzene rings is 2. The molecule has 4 rings (SSSR count). The van der Waals surface area contributed by atoms with E-state index in [1.54, 1.807) is 36.5 Å². The predicted octanol–water partition coefficient (Wildman–Crippen LogP) is 4.72. The molecule has 146 valence electrons. The number of para-hydroxylation sites is 1. The van der Waals surface area contributed by atoms with Gasteiger partial charge in [-0.05, 0) is 48.6 Å². The van der Waals surface area contributed by atoms with Gasteiger partial charge in [0.25, 0.3) is 0 Å². The molecule has 2 heterocycles. The molecule has 0 aliphatic carbocycles. The zero-order chi connectivity index (χ0) is 19.9. The number of carbonyl (C=O) groups excluding carboxylic acids is 1. The minimum absolute atomic E-state index is 0.111. The Bertz CT molecular complexity index is 1010. The Hall–Kier alpha value is -3.60. The third kappa shape index (κ3) is 4.82. The number of ether oxygens (including phenoxy) is 3. The van der Waals surface area contributed by atoms with Crippen LogP contribution in [0, 0.1) is 0 Å². The summed E-state index contributed by atoms with van der Waals surface area (Å²) < 4.78 is 17.2. The van der Waals surface area contributed by atoms with Crippen molar-refractivity contribution in [3.63, 3.8) is 0 Å². The Morgan fingerprint density at radius 2 is 1.83 bits per heavy atom. The van der Waals surface area contributed by atoms with Gasteiger partial charge in [0.1, 0.15) is 12.4 Å². The molecule has 0 N–H and O–H groups in total. The summed E-state index contributed by atoms with van der Waals surface area (Å²) in [5.74, 6) is 1.87. The molecule has 29 heavy (non-hydrogen) atoms. The fourth-order valence-electron chi connectivity index (χ4n) is 2.96. The first kappa shape index (κ1) is 18.7. The molecule has 5 heteroatoms. The van der Waals surface area contributed by atoms with Crippen molar-refractivity contribution in [1.29, 1.82) is 0 Å². The molecule has 1 aromatic heterocycles. The highest BCUT2D eigenvalue weighted by atomic mass is 16.5. The van der Waals surface area contributed by atoms with Crippen LogP contribution < -0.4 is 14.2 Å². The van der Waals surface area contributed by atoms with E-state index in [1.807, 2.05) is 42.5 Å². The number of pyridine rings is 1. The summed E-state index contributed by atoms with van der Waals surface area (Å²) in [6.07, 6.45) is 5.87. The largest absolute Gasteiger partial charge is 0.490 e. The molecule has 5 nitrogen and oxygen atoms in total. The zero-order valence-electron chi connectivity index (χ0n) is 15.9. The first-order valence-electron chi connectivity index (χ1n) is 9.53. The number of hydrogen-bond donors (Lipinski definition) is 0. The molecule has 0 amide bonds. The van der Waals surface area contributed by atoms with Crippen LogP contribution in [-0.4, -0.2) is 24.0 Å². The molecule has 0 bridgehead atoms. The van der Waals surface area contributed by atoms with Gasteiger partial charge in [-0.3, -0.25) is 9.78 Å². The Morgan fingerprint density at radius 3 is 2.69 bits per heavy atom. The number of carbonyl (C=O) groups is 1. The van der Waals surface area contributed by atoms with E-state index >= 15 is 0 Å². The highest BCUT2D eigenvalue weighted by molar-refractivity contribution is 6.07. The third-order valence-electron chi connectivity index (χ3n) is 4.47. The quantitative estimate of drug-likeness (QED) is 0.453. The van der Waals surface area contributed by atoms with Crippen molar-refractivity contribution >= 4 is 11.9 Å². The molecular formula is C24H21NO4. The molecule has 0 atom stereocenters. The molecule has 0 spiro atoms. The van der Waals surface area contributed by atoms with Crippen molar-refractivity contribution in [2.24, 2.45) is 0 Å². The van der Waals surface area contributed by atoms with Crippen LogP contribution in [0.5, 0.6) is 17.2 Å². The van der Waals surface area contributed by atoms with E-state index in [0.29, 0.717) is 42.6 Å². The minimum Gasteiger partial charge on any atom is -0.490 e. The van der Waals surface area contributed by atoms with Gasteiger partial charge in [-0.15, -0.1) is 0 Å². The fraction of sp³-hybridized carbons (Fsp3) is 0.167. The number of allylic oxidation sites excluding steroid dienone is 1. The molecule has 0 fully saturated rings. The van der Waals surface area contributed by atoms with Crippen molar-refractivity contribution < 1.29 is 19.0 Å². The van der Waals surface area contributed by atoms with Crippen molar-refractivity contribution in [3.8, 4) is 17.2 Å². The fourth-order valence-corrected chi connectivity index (χ4v) is 2.96. The van der Waals surface area contributed by atoms with Crippen LogP contribution in [0.1, 0.15) is 28.0 Å². The number of aromatic nitrogens is 1. The molecule has 0 saturated heterocycles. The Morgan fingerprint density at radius 1 is 1.00 bits per heavy atom. The normalized spacial score (nSPS) is 13.1. The molecule has 1 aliphatic rings. The van der Waals surface area contributed by atoms with Gasteiger partial charge in [-0.2, -0.15) is 0 Å². The molecule has 0 unspecified atom stereocenters. The van der Waals surface area contributed by atoms with Gasteiger partial charge in [-0.1, -0.05) is 24.3 Å². The van der Waals surface area contributed by atoms with Crippen LogP contribution >= 0.6 is 0 Å². The lowest BCUT2D eigenvalue weighted by Crippen LogP contribution is -1.99. The van der Waals surface area contributed by atoms with E-state index in [4.69, 9.17) is 14.2 Å². The molecular weight excluding hydrogens is 366 g/mol. The van der Waals surface area contributed by atoms with Crippen LogP contribution in [0.3, 0.4) is 0 Å². The number of rotatable bonds is 6. The lowest BCUT2D eigenvalue weighted by molar-refractivity contribution is 0.104. The topological polar surface area (TPSA) is 57.7 Å². The van der Waals surface area contributed by atoms with E-state index in [1.165, 1.54) is 0 Å². The van der Waals surface area contributed by atoms with Crippen LogP contribution in [0.2, 0.25) is 0 Å². The van der Waals surface area contributed by atoms with Gasteiger partial charge < -0.3 is 14.2 Å². The van der Waals surface area contributed by atoms with E-state index in [0.717, 1.165) is 17.7 Å². The summed E-state index contributed by atoms with van der Waals surface area (Å²) >= 11 is 0. The highest BCUT2D eigenvalue weighted by Crippen LogP contribution is 2.30. The van der Waals surface area contributed by atoms with Gasteiger partial charge >= 0.3 is 0 Å². The zero-order valence-corrected chi connectivity index (χ0v) is 15.9. The van der Waals surface area contributed by atoms with Gasteiger partial charge in [0, 0.05) is 23.7 Å². The Balaban J connectivity index is 1.47. The SMILES string of the molecule is O=C(/C=C/c1ccccc1OCc1ccccn1)c1ccc2c(c1)OCCCO2. The molecule has 0 radical (unpaired) electrons. The van der Waals surface area contributed by atoms with Crippen LogP contribution in [-0.2, 0) is 6.61 Å². The highest BCUT2D eigenvalue weighted by Gasteiger charge is 2.13. The second-order valence-electron chi connectivity index (χ2n) is 6.56. The first-order valence-corrected chi connectivity index (χ1v) is 9.53. The monoisotopic (exact) mass is 387 g/mol. The van der Waals surface area contributed by atoms with Crippen molar-refractivity contribution in [2.75, 3.05) is 13.2 Å². The second kappa shape index (κ2) is 9.06. The van der Waals surface area contributed by atoms with Crippen molar-refractivity contribution in [1.82, 2.24) is 4.98 Å². The van der Waals surface area contributed by atoms with E-state index in [2.05, 4.69) is 4.98 Å². The average molecular weight is 387 g/mol. The summed E-state index contributed by atoms with van der Waals surface area (Å²) in [5, 5.41) is 0. The maximum atomic E-state index is 12.6. The van der Waals surface area contributed by atoms with Gasteiger partial charge in [0.15, 0.2) is 17.3 Å². The molecule has 2 aromatic carbocycles. The maximum Gasteiger partial charge on any atom is 0.185 e. The van der Waals surface area contributed by atoms with Gasteiger partial charge in [0.2, 0.25) is 0 Å². The van der Waals surface area contributed by atoms with Crippen molar-refractivity contribution in [2.45, 2.75) is 13.0 Å². The summed E-state index contributed by atoms with van der Waals surface area (Å²) in [4.78, 5) is 16.9. The summed E-state index contributed by atoms with van der Waals surface area (Å²) in [6, 6.07) is 18.6. The predicted molar refractivity (Wildman–Crippen MR) is 110 cm³/mol. The number of ketones is 1. The van der Waals surface area contributed by atoms with Gasteiger partial charge in [-0.25, -0.2) is 0 Å². The molecule has 1 aliphatic heterocycles. The number of nitrogens with zero attached hydrogens (tertiary/aromatic N) is 1. The summed E-state index contributed by atoms with van der Waals surface area (Å²) in [7, 11) is 0. The van der Waals surface area contributed by atoms with E-state index in [-0.39, 0.29) is 5.78 Å². The molecule has 0 saturated carbocycles. The van der Waals surface area contributed by atoms with E-state index in [9.17, 15) is 4.79 Å². The average Bonchev–Trinajstić information content (AvgIpc) is 3.02. The first-order chi connectivity index (χ1) is 14.3. The maximum absolute atomic E-state index is 12.6. The van der Waals surface area contributed by atoms with Crippen molar-refractivity contribution in [3.05, 3.63) is 89.8 Å². The van der Waals surface area contributed by atoms with E-state index < -0.39 is 0 Å². The Kier molecular flexibility index (Phi) is 5.86. The standard InChI is InChI=1S/C24H21NO4/c26-21(19-10-12-23-24(16-19)28-15-5-14-27-23)11-9-18-6-1-2-8-22(18)29-17-20-7-3-4-13-25-20/h1-4,6-13,16H,5,14-15,17H2/b11-9+. The lowest BCUT2D eigenvalue weighted by atomic mass is 10.1. The summed E-state index contributed by atoms with van der Waals surface area (Å²) in [6.45, 7) is 1.57. The Labute approximate surface area is 169 Å². The lowest BCUT2D eigenvalue weighted by Gasteiger charge is -2.09. The third-order valence-corrected chi connectivity index (χ3v) is 4.47. The minimum atomic E-state index is -0.111. The molecule has 3 aromatic rings. The van der Waals surface area contributed by atoms with Crippen LogP contribution in [0.25, 0.3) is 6.08 Å². The summed E-state index contributed by atoms with van der Waals surface area (Å²) in [5.41, 5.74) is 2.22. The van der Waals surface area contributed by atoms with Crippen LogP contribution in [0.15, 0.2) is 72.9 Å². The van der Waals surface area contributed by atoms with Crippen LogP contribution in [0.4, 0.5) is 0 Å². The number of fused-ring (bicyclic) bond motifs is 1. The van der Waals surface area contributed by atoms with Gasteiger partial charge in [0.05, 0.1) is 18.9 Å².